The molecule has 0 fully saturated rings. The average Bonchev–Trinajstić information content (AvgIpc) is 2.91. The summed E-state index contributed by atoms with van der Waals surface area (Å²) in [5, 5.41) is 13.2. The molecule has 0 saturated heterocycles. The van der Waals surface area contributed by atoms with Gasteiger partial charge in [0.1, 0.15) is 11.4 Å². The maximum atomic E-state index is 12.1. The molecule has 8 nitrogen and oxygen atoms in total. The topological polar surface area (TPSA) is 114 Å². The van der Waals surface area contributed by atoms with Crippen LogP contribution in [0.15, 0.2) is 24.7 Å². The van der Waals surface area contributed by atoms with Crippen molar-refractivity contribution in [2.75, 3.05) is 0 Å². The first-order valence-corrected chi connectivity index (χ1v) is 5.97. The highest BCUT2D eigenvalue weighted by Crippen LogP contribution is 2.26. The Morgan fingerprint density at radius 3 is 2.85 bits per heavy atom. The number of carbonyl (C=O) groups is 1. The quantitative estimate of drug-likeness (QED) is 0.507. The molecule has 0 aliphatic rings. The van der Waals surface area contributed by atoms with Gasteiger partial charge in [0.25, 0.3) is 5.91 Å². The van der Waals surface area contributed by atoms with Crippen molar-refractivity contribution in [3.05, 3.63) is 51.3 Å². The second-order valence-electron chi connectivity index (χ2n) is 3.92. The third kappa shape index (κ3) is 2.75. The minimum atomic E-state index is -0.734. The van der Waals surface area contributed by atoms with E-state index in [1.54, 1.807) is 19.3 Å². The molecule has 1 amide bonds. The van der Waals surface area contributed by atoms with Crippen LogP contribution in [0.1, 0.15) is 29.1 Å². The van der Waals surface area contributed by atoms with E-state index in [4.69, 9.17) is 11.6 Å². The van der Waals surface area contributed by atoms with Gasteiger partial charge in [-0.15, -0.1) is 0 Å². The molecule has 0 aliphatic heterocycles. The van der Waals surface area contributed by atoms with Gasteiger partial charge in [-0.25, -0.2) is 9.97 Å². The molecule has 0 aromatic carbocycles. The highest BCUT2D eigenvalue weighted by molar-refractivity contribution is 6.32. The van der Waals surface area contributed by atoms with Crippen LogP contribution < -0.4 is 5.32 Å². The summed E-state index contributed by atoms with van der Waals surface area (Å²) in [6.07, 6.45) is 4.40. The lowest BCUT2D eigenvalue weighted by Crippen LogP contribution is -2.28. The van der Waals surface area contributed by atoms with E-state index in [9.17, 15) is 14.9 Å². The van der Waals surface area contributed by atoms with Gasteiger partial charge in [0.2, 0.25) is 5.15 Å². The molecule has 2 rings (SSSR count). The number of rotatable bonds is 4. The number of hydrogen-bond donors (Lipinski definition) is 2. The van der Waals surface area contributed by atoms with Gasteiger partial charge in [-0.3, -0.25) is 14.9 Å². The molecule has 2 aromatic rings. The summed E-state index contributed by atoms with van der Waals surface area (Å²) < 4.78 is 0. The fourth-order valence-electron chi connectivity index (χ4n) is 1.64. The Balaban J connectivity index is 2.26. The van der Waals surface area contributed by atoms with Crippen LogP contribution >= 0.6 is 11.6 Å². The SMILES string of the molecule is CC(NC(=O)c1ccnc(Cl)c1[N+](=O)[O-])c1ncc[nH]1. The Bertz CT molecular complexity index is 644. The molecule has 0 radical (unpaired) electrons. The van der Waals surface area contributed by atoms with Gasteiger partial charge in [-0.05, 0) is 13.0 Å². The van der Waals surface area contributed by atoms with Crippen molar-refractivity contribution >= 4 is 23.2 Å². The number of aromatic nitrogens is 3. The normalized spacial score (nSPS) is 11.9. The number of nitrogens with one attached hydrogen (secondary N) is 2. The number of carbonyl (C=O) groups excluding carboxylic acids is 1. The Kier molecular flexibility index (Phi) is 3.94. The predicted molar refractivity (Wildman–Crippen MR) is 70.4 cm³/mol. The van der Waals surface area contributed by atoms with E-state index in [1.807, 2.05) is 0 Å². The lowest BCUT2D eigenvalue weighted by atomic mass is 10.2. The molecule has 104 valence electrons. The van der Waals surface area contributed by atoms with Crippen LogP contribution in [-0.4, -0.2) is 25.8 Å². The smallest absolute Gasteiger partial charge is 0.319 e. The van der Waals surface area contributed by atoms with Crippen molar-refractivity contribution in [2.45, 2.75) is 13.0 Å². The van der Waals surface area contributed by atoms with Crippen molar-refractivity contribution < 1.29 is 9.72 Å². The van der Waals surface area contributed by atoms with Gasteiger partial charge in [0.15, 0.2) is 0 Å². The van der Waals surface area contributed by atoms with Gasteiger partial charge >= 0.3 is 5.69 Å². The number of hydrogen-bond acceptors (Lipinski definition) is 5. The lowest BCUT2D eigenvalue weighted by molar-refractivity contribution is -0.385. The van der Waals surface area contributed by atoms with E-state index in [2.05, 4.69) is 20.3 Å². The third-order valence-corrected chi connectivity index (χ3v) is 2.86. The molecule has 20 heavy (non-hydrogen) atoms. The lowest BCUT2D eigenvalue weighted by Gasteiger charge is -2.11. The summed E-state index contributed by atoms with van der Waals surface area (Å²) in [6, 6.07) is 0.817. The van der Waals surface area contributed by atoms with E-state index in [0.29, 0.717) is 5.82 Å². The second kappa shape index (κ2) is 5.66. The molecule has 2 aromatic heterocycles. The van der Waals surface area contributed by atoms with E-state index in [0.717, 1.165) is 0 Å². The zero-order valence-corrected chi connectivity index (χ0v) is 11.1. The maximum Gasteiger partial charge on any atom is 0.319 e. The third-order valence-electron chi connectivity index (χ3n) is 2.58. The molecule has 2 N–H and O–H groups in total. The first-order valence-electron chi connectivity index (χ1n) is 5.59. The van der Waals surface area contributed by atoms with E-state index in [-0.39, 0.29) is 10.7 Å². The number of pyridine rings is 1. The number of aromatic amines is 1. The van der Waals surface area contributed by atoms with Crippen LogP contribution in [0, 0.1) is 10.1 Å². The zero-order valence-electron chi connectivity index (χ0n) is 10.3. The fraction of sp³-hybridized carbons (Fsp3) is 0.182. The molecule has 0 spiro atoms. The molecule has 0 saturated carbocycles. The summed E-state index contributed by atoms with van der Waals surface area (Å²) in [5.74, 6) is -0.0777. The Labute approximate surface area is 118 Å². The molecular formula is C11H10ClN5O3. The number of halogens is 1. The van der Waals surface area contributed by atoms with E-state index in [1.165, 1.54) is 12.3 Å². The van der Waals surface area contributed by atoms with E-state index < -0.39 is 22.6 Å². The van der Waals surface area contributed by atoms with E-state index >= 15 is 0 Å². The van der Waals surface area contributed by atoms with Gasteiger partial charge in [-0.2, -0.15) is 0 Å². The van der Waals surface area contributed by atoms with Crippen molar-refractivity contribution in [1.82, 2.24) is 20.3 Å². The number of imidazole rings is 1. The minimum absolute atomic E-state index is 0.145. The summed E-state index contributed by atoms with van der Waals surface area (Å²) in [4.78, 5) is 32.7. The van der Waals surface area contributed by atoms with Crippen LogP contribution in [0.2, 0.25) is 5.15 Å². The monoisotopic (exact) mass is 295 g/mol. The molecule has 2 heterocycles. The van der Waals surface area contributed by atoms with Gasteiger partial charge in [0.05, 0.1) is 11.0 Å². The average molecular weight is 296 g/mol. The molecule has 0 aliphatic carbocycles. The Hall–Kier alpha value is -2.48. The molecule has 9 heteroatoms. The predicted octanol–water partition coefficient (Wildman–Crippen LogP) is 1.86. The first-order chi connectivity index (χ1) is 9.50. The van der Waals surface area contributed by atoms with Crippen LogP contribution in [0.4, 0.5) is 5.69 Å². The number of nitrogens with zero attached hydrogens (tertiary/aromatic N) is 3. The van der Waals surface area contributed by atoms with Crippen molar-refractivity contribution in [3.63, 3.8) is 0 Å². The van der Waals surface area contributed by atoms with Crippen LogP contribution in [-0.2, 0) is 0 Å². The highest BCUT2D eigenvalue weighted by atomic mass is 35.5. The first kappa shape index (κ1) is 13.9. The molecule has 1 unspecified atom stereocenters. The standard InChI is InChI=1S/C11H10ClN5O3/c1-6(10-14-4-5-15-10)16-11(18)7-2-3-13-9(12)8(7)17(19)20/h2-6H,1H3,(H,14,15)(H,16,18). The van der Waals surface area contributed by atoms with Crippen molar-refractivity contribution in [1.29, 1.82) is 0 Å². The molecular weight excluding hydrogens is 286 g/mol. The maximum absolute atomic E-state index is 12.1. The summed E-state index contributed by atoms with van der Waals surface area (Å²) in [5.41, 5.74) is -0.660. The largest absolute Gasteiger partial charge is 0.347 e. The van der Waals surface area contributed by atoms with Crippen molar-refractivity contribution in [2.24, 2.45) is 0 Å². The summed E-state index contributed by atoms with van der Waals surface area (Å²) in [7, 11) is 0. The second-order valence-corrected chi connectivity index (χ2v) is 4.28. The Morgan fingerprint density at radius 2 is 2.25 bits per heavy atom. The van der Waals surface area contributed by atoms with Gasteiger partial charge < -0.3 is 10.3 Å². The Morgan fingerprint density at radius 1 is 1.50 bits per heavy atom. The van der Waals surface area contributed by atoms with Gasteiger partial charge in [0, 0.05) is 18.6 Å². The number of amides is 1. The summed E-state index contributed by atoms with van der Waals surface area (Å²) in [6.45, 7) is 1.70. The minimum Gasteiger partial charge on any atom is -0.347 e. The van der Waals surface area contributed by atoms with Gasteiger partial charge in [-0.1, -0.05) is 11.6 Å². The zero-order chi connectivity index (χ0) is 14.7. The number of nitro groups is 1. The highest BCUT2D eigenvalue weighted by Gasteiger charge is 2.26. The van der Waals surface area contributed by atoms with Crippen LogP contribution in [0.25, 0.3) is 0 Å². The van der Waals surface area contributed by atoms with Crippen molar-refractivity contribution in [3.8, 4) is 0 Å². The molecule has 1 atom stereocenters. The number of H-pyrrole nitrogens is 1. The fourth-order valence-corrected chi connectivity index (χ4v) is 1.87. The summed E-state index contributed by atoms with van der Waals surface area (Å²) >= 11 is 5.65. The van der Waals surface area contributed by atoms with Crippen LogP contribution in [0.5, 0.6) is 0 Å². The molecule has 0 bridgehead atoms. The van der Waals surface area contributed by atoms with Crippen LogP contribution in [0.3, 0.4) is 0 Å².